The summed E-state index contributed by atoms with van der Waals surface area (Å²) in [6.07, 6.45) is 1.97. The standard InChI is InChI=1S/C14H18N4O/c1-15-14(19)18-9-7-17(8-10-18)13-4-2-3-12-11(13)5-6-16-12/h2-6,16H,7-10H2,1H3,(H,15,19). The first-order chi connectivity index (χ1) is 9.29. The smallest absolute Gasteiger partial charge is 0.317 e. The Hall–Kier alpha value is -2.17. The number of hydrogen-bond donors (Lipinski definition) is 2. The van der Waals surface area contributed by atoms with Gasteiger partial charge in [-0.05, 0) is 18.2 Å². The van der Waals surface area contributed by atoms with E-state index in [1.54, 1.807) is 7.05 Å². The van der Waals surface area contributed by atoms with E-state index in [0.717, 1.165) is 31.7 Å². The Kier molecular flexibility index (Phi) is 3.03. The van der Waals surface area contributed by atoms with E-state index in [4.69, 9.17) is 0 Å². The molecule has 0 saturated carbocycles. The SMILES string of the molecule is CNC(=O)N1CCN(c2cccc3[nH]ccc23)CC1. The van der Waals surface area contributed by atoms with Crippen LogP contribution in [0.2, 0.25) is 0 Å². The van der Waals surface area contributed by atoms with Gasteiger partial charge in [-0.2, -0.15) is 0 Å². The highest BCUT2D eigenvalue weighted by atomic mass is 16.2. The van der Waals surface area contributed by atoms with E-state index in [2.05, 4.69) is 39.5 Å². The average Bonchev–Trinajstić information content (AvgIpc) is 2.95. The van der Waals surface area contributed by atoms with Crippen molar-refractivity contribution in [2.75, 3.05) is 38.1 Å². The fourth-order valence-corrected chi connectivity index (χ4v) is 2.65. The van der Waals surface area contributed by atoms with Crippen molar-refractivity contribution in [2.45, 2.75) is 0 Å². The molecule has 2 aromatic rings. The van der Waals surface area contributed by atoms with Crippen molar-refractivity contribution < 1.29 is 4.79 Å². The highest BCUT2D eigenvalue weighted by Gasteiger charge is 2.21. The predicted molar refractivity (Wildman–Crippen MR) is 76.5 cm³/mol. The van der Waals surface area contributed by atoms with Gasteiger partial charge in [0.15, 0.2) is 0 Å². The molecule has 2 heterocycles. The van der Waals surface area contributed by atoms with Gasteiger partial charge in [0.25, 0.3) is 0 Å². The van der Waals surface area contributed by atoms with Gasteiger partial charge in [0, 0.05) is 56.0 Å². The van der Waals surface area contributed by atoms with Gasteiger partial charge in [0.2, 0.25) is 0 Å². The summed E-state index contributed by atoms with van der Waals surface area (Å²) < 4.78 is 0. The summed E-state index contributed by atoms with van der Waals surface area (Å²) >= 11 is 0. The van der Waals surface area contributed by atoms with Crippen molar-refractivity contribution in [3.05, 3.63) is 30.5 Å². The Labute approximate surface area is 112 Å². The van der Waals surface area contributed by atoms with E-state index in [0.29, 0.717) is 0 Å². The molecule has 19 heavy (non-hydrogen) atoms. The molecule has 1 aromatic heterocycles. The molecule has 1 aliphatic heterocycles. The maximum absolute atomic E-state index is 11.6. The van der Waals surface area contributed by atoms with Crippen LogP contribution in [0.15, 0.2) is 30.5 Å². The number of hydrogen-bond acceptors (Lipinski definition) is 2. The van der Waals surface area contributed by atoms with E-state index >= 15 is 0 Å². The predicted octanol–water partition coefficient (Wildman–Crippen LogP) is 1.63. The zero-order chi connectivity index (χ0) is 13.2. The number of nitrogens with zero attached hydrogens (tertiary/aromatic N) is 2. The third kappa shape index (κ3) is 2.12. The Bertz CT molecular complexity index is 584. The highest BCUT2D eigenvalue weighted by molar-refractivity contribution is 5.92. The molecule has 100 valence electrons. The molecule has 1 aliphatic rings. The summed E-state index contributed by atoms with van der Waals surface area (Å²) in [4.78, 5) is 19.0. The van der Waals surface area contributed by atoms with Gasteiger partial charge in [-0.3, -0.25) is 0 Å². The molecule has 0 bridgehead atoms. The third-order valence-corrected chi connectivity index (χ3v) is 3.69. The molecule has 0 spiro atoms. The lowest BCUT2D eigenvalue weighted by Gasteiger charge is -2.36. The molecule has 5 heteroatoms. The van der Waals surface area contributed by atoms with Crippen LogP contribution in [-0.4, -0.2) is 49.1 Å². The molecule has 0 radical (unpaired) electrons. The number of rotatable bonds is 1. The van der Waals surface area contributed by atoms with Crippen LogP contribution in [0.3, 0.4) is 0 Å². The largest absolute Gasteiger partial charge is 0.367 e. The second kappa shape index (κ2) is 4.84. The number of amides is 2. The quantitative estimate of drug-likeness (QED) is 0.817. The second-order valence-electron chi connectivity index (χ2n) is 4.75. The van der Waals surface area contributed by atoms with Crippen molar-refractivity contribution in [3.63, 3.8) is 0 Å². The first-order valence-corrected chi connectivity index (χ1v) is 6.57. The van der Waals surface area contributed by atoms with Gasteiger partial charge in [-0.1, -0.05) is 6.07 Å². The van der Waals surface area contributed by atoms with E-state index in [1.165, 1.54) is 11.1 Å². The van der Waals surface area contributed by atoms with Gasteiger partial charge in [-0.25, -0.2) is 4.79 Å². The minimum Gasteiger partial charge on any atom is -0.367 e. The Morgan fingerprint density at radius 2 is 2.00 bits per heavy atom. The lowest BCUT2D eigenvalue weighted by molar-refractivity contribution is 0.196. The van der Waals surface area contributed by atoms with Crippen LogP contribution in [0.5, 0.6) is 0 Å². The van der Waals surface area contributed by atoms with Crippen molar-refractivity contribution in [2.24, 2.45) is 0 Å². The van der Waals surface area contributed by atoms with Gasteiger partial charge in [0.05, 0.1) is 0 Å². The monoisotopic (exact) mass is 258 g/mol. The Morgan fingerprint density at radius 1 is 1.21 bits per heavy atom. The van der Waals surface area contributed by atoms with Crippen LogP contribution in [0.25, 0.3) is 10.9 Å². The summed E-state index contributed by atoms with van der Waals surface area (Å²) in [6.45, 7) is 3.27. The molecular weight excluding hydrogens is 240 g/mol. The zero-order valence-corrected chi connectivity index (χ0v) is 11.0. The fourth-order valence-electron chi connectivity index (χ4n) is 2.65. The number of anilines is 1. The van der Waals surface area contributed by atoms with Crippen LogP contribution in [0.1, 0.15) is 0 Å². The number of carbonyl (C=O) groups is 1. The van der Waals surface area contributed by atoms with Crippen molar-refractivity contribution >= 4 is 22.6 Å². The minimum absolute atomic E-state index is 0.0134. The third-order valence-electron chi connectivity index (χ3n) is 3.69. The number of aromatic amines is 1. The second-order valence-corrected chi connectivity index (χ2v) is 4.75. The van der Waals surface area contributed by atoms with Crippen LogP contribution in [0, 0.1) is 0 Å². The Morgan fingerprint density at radius 3 is 2.74 bits per heavy atom. The highest BCUT2D eigenvalue weighted by Crippen LogP contribution is 2.26. The van der Waals surface area contributed by atoms with Crippen molar-refractivity contribution in [1.29, 1.82) is 0 Å². The van der Waals surface area contributed by atoms with E-state index < -0.39 is 0 Å². The summed E-state index contributed by atoms with van der Waals surface area (Å²) in [5.74, 6) is 0. The van der Waals surface area contributed by atoms with Gasteiger partial charge in [0.1, 0.15) is 0 Å². The van der Waals surface area contributed by atoms with E-state index in [9.17, 15) is 4.79 Å². The maximum atomic E-state index is 11.6. The topological polar surface area (TPSA) is 51.4 Å². The molecular formula is C14H18N4O. The Balaban J connectivity index is 1.78. The molecule has 1 aromatic carbocycles. The number of piperazine rings is 1. The summed E-state index contributed by atoms with van der Waals surface area (Å²) in [6, 6.07) is 8.42. The molecule has 2 amide bonds. The average molecular weight is 258 g/mol. The first kappa shape index (κ1) is 11.9. The number of aromatic nitrogens is 1. The molecule has 0 aliphatic carbocycles. The van der Waals surface area contributed by atoms with Crippen molar-refractivity contribution in [1.82, 2.24) is 15.2 Å². The molecule has 1 saturated heterocycles. The lowest BCUT2D eigenvalue weighted by atomic mass is 10.2. The normalized spacial score (nSPS) is 15.8. The summed E-state index contributed by atoms with van der Waals surface area (Å²) in [7, 11) is 1.68. The fraction of sp³-hybridized carbons (Fsp3) is 0.357. The van der Waals surface area contributed by atoms with Crippen molar-refractivity contribution in [3.8, 4) is 0 Å². The van der Waals surface area contributed by atoms with Crippen LogP contribution in [0.4, 0.5) is 10.5 Å². The number of nitrogens with one attached hydrogen (secondary N) is 2. The zero-order valence-electron chi connectivity index (χ0n) is 11.0. The molecule has 0 unspecified atom stereocenters. The molecule has 2 N–H and O–H groups in total. The van der Waals surface area contributed by atoms with E-state index in [1.807, 2.05) is 11.1 Å². The number of carbonyl (C=O) groups excluding carboxylic acids is 1. The molecule has 0 atom stereocenters. The summed E-state index contributed by atoms with van der Waals surface area (Å²) in [5, 5.41) is 3.92. The first-order valence-electron chi connectivity index (χ1n) is 6.57. The van der Waals surface area contributed by atoms with Gasteiger partial charge >= 0.3 is 6.03 Å². The van der Waals surface area contributed by atoms with Crippen LogP contribution in [-0.2, 0) is 0 Å². The van der Waals surface area contributed by atoms with Crippen LogP contribution >= 0.6 is 0 Å². The number of benzene rings is 1. The number of urea groups is 1. The minimum atomic E-state index is 0.0134. The summed E-state index contributed by atoms with van der Waals surface area (Å²) in [5.41, 5.74) is 2.40. The van der Waals surface area contributed by atoms with Gasteiger partial charge < -0.3 is 20.1 Å². The molecule has 1 fully saturated rings. The molecule has 3 rings (SSSR count). The van der Waals surface area contributed by atoms with Crippen LogP contribution < -0.4 is 10.2 Å². The lowest BCUT2D eigenvalue weighted by Crippen LogP contribution is -2.51. The maximum Gasteiger partial charge on any atom is 0.317 e. The number of fused-ring (bicyclic) bond motifs is 1. The van der Waals surface area contributed by atoms with E-state index in [-0.39, 0.29) is 6.03 Å². The molecule has 5 nitrogen and oxygen atoms in total. The number of H-pyrrole nitrogens is 1. The van der Waals surface area contributed by atoms with Gasteiger partial charge in [-0.15, -0.1) is 0 Å².